The number of aryl methyl sites for hydroxylation is 1. The Morgan fingerprint density at radius 3 is 1.58 bits per heavy atom. The van der Waals surface area contributed by atoms with Crippen LogP contribution >= 0.6 is 0 Å². The fourth-order valence-electron chi connectivity index (χ4n) is 5.98. The fourth-order valence-corrected chi connectivity index (χ4v) is 7.30. The fraction of sp³-hybridized carbons (Fsp3) is 0.231. The van der Waals surface area contributed by atoms with Gasteiger partial charge in [0.05, 0.1) is 43.9 Å². The van der Waals surface area contributed by atoms with Gasteiger partial charge in [-0.25, -0.2) is 8.42 Å². The van der Waals surface area contributed by atoms with Crippen LogP contribution in [0.1, 0.15) is 60.3 Å². The first kappa shape index (κ1) is 38.1. The first-order valence-corrected chi connectivity index (χ1v) is 17.6. The molecule has 13 nitrogen and oxygen atoms in total. The topological polar surface area (TPSA) is 186 Å². The molecule has 0 aliphatic heterocycles. The highest BCUT2D eigenvalue weighted by molar-refractivity contribution is 7.91. The third-order valence-corrected chi connectivity index (χ3v) is 10.7. The molecule has 0 heterocycles. The zero-order valence-electron chi connectivity index (χ0n) is 29.6. The van der Waals surface area contributed by atoms with E-state index >= 15 is 0 Å². The van der Waals surface area contributed by atoms with Gasteiger partial charge in [0.2, 0.25) is 15.7 Å². The molecule has 4 aromatic rings. The van der Waals surface area contributed by atoms with Crippen LogP contribution in [-0.2, 0) is 19.4 Å². The lowest BCUT2D eigenvalue weighted by atomic mass is 9.97. The predicted octanol–water partition coefficient (Wildman–Crippen LogP) is 5.16. The van der Waals surface area contributed by atoms with E-state index in [4.69, 9.17) is 18.9 Å². The zero-order valence-corrected chi connectivity index (χ0v) is 30.4. The molecule has 0 spiro atoms. The van der Waals surface area contributed by atoms with Crippen molar-refractivity contribution in [1.29, 1.82) is 0 Å². The molecule has 0 radical (unpaired) electrons. The third-order valence-electron chi connectivity index (χ3n) is 8.93. The number of fused-ring (bicyclic) bond motifs is 2. The van der Waals surface area contributed by atoms with Gasteiger partial charge in [0.1, 0.15) is 28.9 Å². The van der Waals surface area contributed by atoms with Gasteiger partial charge in [0.25, 0.3) is 0 Å². The monoisotopic (exact) mass is 741 g/mol. The molecule has 2 aliphatic carbocycles. The Bertz CT molecular complexity index is 2310. The molecule has 0 bridgehead atoms. The minimum absolute atomic E-state index is 0.0319. The standard InChI is InChI=1S/C30H23NO10S.C9H12O2/c1-4-22(32)24-26(33)17-8-6-15(12-19(17)28(24)35)42(38,39)16-7-9-18-20(13-16)29(36)25(27(18)34)30(37)31-21-10-5-14(40-2)11-23(21)41-3;1-7-4-5-8(10-2)6-9(7)11-3/h5-13,24-25H,4H2,1-3H3,(H,31,37);4-6H,1-3H3. The van der Waals surface area contributed by atoms with Crippen LogP contribution in [0.3, 0.4) is 0 Å². The highest BCUT2D eigenvalue weighted by Crippen LogP contribution is 2.36. The quantitative estimate of drug-likeness (QED) is 0.211. The van der Waals surface area contributed by atoms with E-state index in [9.17, 15) is 37.2 Å². The number of carbonyl (C=O) groups is 6. The molecule has 4 aromatic carbocycles. The lowest BCUT2D eigenvalue weighted by Crippen LogP contribution is -2.31. The summed E-state index contributed by atoms with van der Waals surface area (Å²) in [4.78, 5) is 76.2. The molecule has 2 aliphatic rings. The number of hydrogen-bond acceptors (Lipinski definition) is 12. The van der Waals surface area contributed by atoms with Gasteiger partial charge in [-0.05, 0) is 67.1 Å². The number of amides is 1. The summed E-state index contributed by atoms with van der Waals surface area (Å²) in [7, 11) is 1.76. The van der Waals surface area contributed by atoms with Crippen molar-refractivity contribution in [3.8, 4) is 23.0 Å². The van der Waals surface area contributed by atoms with E-state index in [1.54, 1.807) is 20.3 Å². The molecule has 0 fully saturated rings. The molecular weight excluding hydrogens is 706 g/mol. The summed E-state index contributed by atoms with van der Waals surface area (Å²) in [5.74, 6) is -5.47. The number of Topliss-reactive ketones (excluding diaryl/α,β-unsaturated/α-hetero) is 5. The minimum atomic E-state index is -4.35. The van der Waals surface area contributed by atoms with E-state index in [0.717, 1.165) is 47.4 Å². The number of benzene rings is 4. The second-order valence-corrected chi connectivity index (χ2v) is 13.9. The van der Waals surface area contributed by atoms with E-state index in [1.165, 1.54) is 39.3 Å². The van der Waals surface area contributed by atoms with E-state index in [-0.39, 0.29) is 49.9 Å². The van der Waals surface area contributed by atoms with Gasteiger partial charge in [-0.3, -0.25) is 28.8 Å². The Morgan fingerprint density at radius 1 is 0.604 bits per heavy atom. The summed E-state index contributed by atoms with van der Waals surface area (Å²) in [6.07, 6.45) is -0.0319. The molecular formula is C39H35NO12S. The van der Waals surface area contributed by atoms with E-state index in [2.05, 4.69) is 5.32 Å². The lowest BCUT2D eigenvalue weighted by Gasteiger charge is -2.13. The van der Waals surface area contributed by atoms with E-state index in [0.29, 0.717) is 5.75 Å². The van der Waals surface area contributed by atoms with Gasteiger partial charge >= 0.3 is 0 Å². The van der Waals surface area contributed by atoms with Crippen LogP contribution in [0.5, 0.6) is 23.0 Å². The number of hydrogen-bond donors (Lipinski definition) is 1. The first-order valence-electron chi connectivity index (χ1n) is 16.2. The summed E-state index contributed by atoms with van der Waals surface area (Å²) in [6, 6.07) is 16.9. The van der Waals surface area contributed by atoms with Crippen LogP contribution < -0.4 is 24.3 Å². The number of ketones is 5. The molecule has 274 valence electrons. The summed E-state index contributed by atoms with van der Waals surface area (Å²) >= 11 is 0. The van der Waals surface area contributed by atoms with Crippen molar-refractivity contribution >= 4 is 50.3 Å². The highest BCUT2D eigenvalue weighted by Gasteiger charge is 2.45. The van der Waals surface area contributed by atoms with Crippen molar-refractivity contribution in [1.82, 2.24) is 0 Å². The summed E-state index contributed by atoms with van der Waals surface area (Å²) in [5.41, 5.74) is 0.734. The second-order valence-electron chi connectivity index (χ2n) is 12.0. The normalized spacial score (nSPS) is 15.9. The Labute approximate surface area is 305 Å². The van der Waals surface area contributed by atoms with Crippen LogP contribution in [0.25, 0.3) is 0 Å². The zero-order chi connectivity index (χ0) is 38.8. The minimum Gasteiger partial charge on any atom is -0.497 e. The molecule has 0 saturated carbocycles. The molecule has 2 atom stereocenters. The van der Waals surface area contributed by atoms with Crippen molar-refractivity contribution in [2.45, 2.75) is 30.1 Å². The number of ether oxygens (including phenoxy) is 4. The Morgan fingerprint density at radius 2 is 1.08 bits per heavy atom. The summed E-state index contributed by atoms with van der Waals surface area (Å²) in [5, 5.41) is 2.51. The molecule has 14 heteroatoms. The second kappa shape index (κ2) is 15.2. The van der Waals surface area contributed by atoms with Crippen molar-refractivity contribution in [2.24, 2.45) is 11.8 Å². The van der Waals surface area contributed by atoms with Crippen molar-refractivity contribution < 1.29 is 56.1 Å². The number of carbonyl (C=O) groups excluding carboxylic acids is 6. The smallest absolute Gasteiger partial charge is 0.243 e. The average molecular weight is 742 g/mol. The number of anilines is 1. The molecule has 2 unspecified atom stereocenters. The maximum Gasteiger partial charge on any atom is 0.243 e. The molecule has 0 saturated heterocycles. The number of rotatable bonds is 10. The van der Waals surface area contributed by atoms with Crippen molar-refractivity contribution in [2.75, 3.05) is 33.8 Å². The molecule has 1 amide bonds. The average Bonchev–Trinajstić information content (AvgIpc) is 3.57. The highest BCUT2D eigenvalue weighted by atomic mass is 32.2. The largest absolute Gasteiger partial charge is 0.497 e. The summed E-state index contributed by atoms with van der Waals surface area (Å²) in [6.45, 7) is 3.52. The van der Waals surface area contributed by atoms with Crippen LogP contribution in [0.4, 0.5) is 5.69 Å². The summed E-state index contributed by atoms with van der Waals surface area (Å²) < 4.78 is 47.5. The Balaban J connectivity index is 0.000000422. The first-order chi connectivity index (χ1) is 25.2. The van der Waals surface area contributed by atoms with Gasteiger partial charge < -0.3 is 24.3 Å². The third kappa shape index (κ3) is 7.05. The molecule has 1 N–H and O–H groups in total. The van der Waals surface area contributed by atoms with Crippen LogP contribution in [0.15, 0.2) is 82.6 Å². The van der Waals surface area contributed by atoms with Crippen molar-refractivity contribution in [3.05, 3.63) is 101 Å². The van der Waals surface area contributed by atoms with Gasteiger partial charge in [0, 0.05) is 40.8 Å². The van der Waals surface area contributed by atoms with Gasteiger partial charge in [0.15, 0.2) is 34.8 Å². The maximum atomic E-state index is 13.5. The Kier molecular flexibility index (Phi) is 10.9. The van der Waals surface area contributed by atoms with E-state index < -0.39 is 56.5 Å². The molecule has 6 rings (SSSR count). The number of sulfone groups is 1. The van der Waals surface area contributed by atoms with Gasteiger partial charge in [-0.1, -0.05) is 13.0 Å². The SMILES string of the molecule is CCC(=O)C1C(=O)c2ccc(S(=O)(=O)c3ccc4c(c3)C(=O)C(C(=O)Nc3ccc(OC)cc3OC)C4=O)cc2C1=O.COc1ccc(C)c(OC)c1. The van der Waals surface area contributed by atoms with E-state index in [1.807, 2.05) is 25.1 Å². The van der Waals surface area contributed by atoms with Crippen LogP contribution in [0.2, 0.25) is 0 Å². The maximum absolute atomic E-state index is 13.5. The van der Waals surface area contributed by atoms with Gasteiger partial charge in [-0.2, -0.15) is 0 Å². The van der Waals surface area contributed by atoms with Crippen molar-refractivity contribution in [3.63, 3.8) is 0 Å². The van der Waals surface area contributed by atoms with Crippen LogP contribution in [0, 0.1) is 18.8 Å². The van der Waals surface area contributed by atoms with Gasteiger partial charge in [-0.15, -0.1) is 0 Å². The molecule has 0 aromatic heterocycles. The van der Waals surface area contributed by atoms with Crippen LogP contribution in [-0.4, -0.2) is 71.7 Å². The molecule has 53 heavy (non-hydrogen) atoms. The Hall–Kier alpha value is -6.15. The lowest BCUT2D eigenvalue weighted by molar-refractivity contribution is -0.120. The number of methoxy groups -OCH3 is 4. The number of nitrogens with one attached hydrogen (secondary N) is 1. The predicted molar refractivity (Wildman–Crippen MR) is 190 cm³/mol.